The van der Waals surface area contributed by atoms with Crippen LogP contribution in [0.3, 0.4) is 0 Å². The van der Waals surface area contributed by atoms with E-state index >= 15 is 0 Å². The number of rotatable bonds is 7. The normalized spacial score (nSPS) is 16.3. The van der Waals surface area contributed by atoms with Gasteiger partial charge in [-0.15, -0.1) is 0 Å². The summed E-state index contributed by atoms with van der Waals surface area (Å²) in [5.74, 6) is -0.434. The molecule has 2 N–H and O–H groups in total. The van der Waals surface area contributed by atoms with Crippen molar-refractivity contribution in [1.29, 1.82) is 0 Å². The van der Waals surface area contributed by atoms with Gasteiger partial charge in [-0.2, -0.15) is 0 Å². The Balaban J connectivity index is 1.81. The van der Waals surface area contributed by atoms with Gasteiger partial charge in [0.1, 0.15) is 11.9 Å². The zero-order valence-corrected chi connectivity index (χ0v) is 17.5. The van der Waals surface area contributed by atoms with Crippen LogP contribution in [0.4, 0.5) is 10.1 Å². The third-order valence-electron chi connectivity index (χ3n) is 5.45. The van der Waals surface area contributed by atoms with E-state index in [4.69, 9.17) is 0 Å². The van der Waals surface area contributed by atoms with Gasteiger partial charge in [0, 0.05) is 38.2 Å². The minimum atomic E-state index is -3.70. The fraction of sp³-hybridized carbons (Fsp3) is 0.429. The van der Waals surface area contributed by atoms with E-state index in [2.05, 4.69) is 29.0 Å². The first kappa shape index (κ1) is 20.8. The van der Waals surface area contributed by atoms with Crippen LogP contribution in [-0.4, -0.2) is 42.1 Å². The van der Waals surface area contributed by atoms with Gasteiger partial charge in [0.25, 0.3) is 0 Å². The number of halogens is 1. The smallest absolute Gasteiger partial charge is 0.241 e. The number of quaternary nitrogens is 1. The van der Waals surface area contributed by atoms with E-state index < -0.39 is 15.8 Å². The van der Waals surface area contributed by atoms with Gasteiger partial charge < -0.3 is 9.80 Å². The molecular formula is C21H29FN3O2S+. The number of nitrogens with zero attached hydrogens (tertiary/aromatic N) is 1. The van der Waals surface area contributed by atoms with E-state index in [1.807, 2.05) is 19.0 Å². The number of nitrogens with one attached hydrogen (secondary N) is 2. The number of sulfonamides is 1. The van der Waals surface area contributed by atoms with Gasteiger partial charge in [-0.3, -0.25) is 0 Å². The number of anilines is 1. The summed E-state index contributed by atoms with van der Waals surface area (Å²) in [4.78, 5) is 3.57. The van der Waals surface area contributed by atoms with Gasteiger partial charge in [0.2, 0.25) is 10.0 Å². The summed E-state index contributed by atoms with van der Waals surface area (Å²) in [6.45, 7) is 4.01. The predicted octanol–water partition coefficient (Wildman–Crippen LogP) is 1.90. The Bertz CT molecular complexity index is 908. The molecule has 0 spiro atoms. The van der Waals surface area contributed by atoms with Crippen LogP contribution in [0.1, 0.15) is 30.0 Å². The molecule has 0 aromatic heterocycles. The average molecular weight is 407 g/mol. The molecule has 1 aliphatic heterocycles. The van der Waals surface area contributed by atoms with Gasteiger partial charge in [0.15, 0.2) is 0 Å². The summed E-state index contributed by atoms with van der Waals surface area (Å²) in [5.41, 5.74) is 2.65. The number of likely N-dealkylation sites (tertiary alicyclic amines) is 1. The maximum absolute atomic E-state index is 13.3. The Morgan fingerprint density at radius 2 is 1.75 bits per heavy atom. The Morgan fingerprint density at radius 1 is 1.11 bits per heavy atom. The van der Waals surface area contributed by atoms with Crippen molar-refractivity contribution < 1.29 is 17.7 Å². The first-order chi connectivity index (χ1) is 13.3. The Labute approximate surface area is 167 Å². The van der Waals surface area contributed by atoms with Crippen LogP contribution in [0, 0.1) is 12.7 Å². The number of hydrogen-bond donors (Lipinski definition) is 2. The molecule has 28 heavy (non-hydrogen) atoms. The Kier molecular flexibility index (Phi) is 6.37. The summed E-state index contributed by atoms with van der Waals surface area (Å²) < 4.78 is 41.7. The predicted molar refractivity (Wildman–Crippen MR) is 110 cm³/mol. The molecule has 152 valence electrons. The highest BCUT2D eigenvalue weighted by atomic mass is 32.2. The molecule has 1 saturated heterocycles. The van der Waals surface area contributed by atoms with Crippen LogP contribution in [0.15, 0.2) is 47.4 Å². The first-order valence-corrected chi connectivity index (χ1v) is 11.1. The lowest BCUT2D eigenvalue weighted by Crippen LogP contribution is -3.11. The van der Waals surface area contributed by atoms with Gasteiger partial charge >= 0.3 is 0 Å². The fourth-order valence-corrected chi connectivity index (χ4v) is 5.14. The quantitative estimate of drug-likeness (QED) is 0.739. The summed E-state index contributed by atoms with van der Waals surface area (Å²) in [6, 6.07) is 12.1. The van der Waals surface area contributed by atoms with E-state index in [-0.39, 0.29) is 10.9 Å². The maximum Gasteiger partial charge on any atom is 0.241 e. The number of hydrogen-bond acceptors (Lipinski definition) is 3. The van der Waals surface area contributed by atoms with Gasteiger partial charge in [-0.25, -0.2) is 17.5 Å². The topological polar surface area (TPSA) is 53.9 Å². The molecular weight excluding hydrogens is 377 g/mol. The van der Waals surface area contributed by atoms with Crippen molar-refractivity contribution in [2.45, 2.75) is 30.7 Å². The highest BCUT2D eigenvalue weighted by Gasteiger charge is 2.29. The monoisotopic (exact) mass is 406 g/mol. The molecule has 0 unspecified atom stereocenters. The molecule has 2 aromatic rings. The lowest BCUT2D eigenvalue weighted by molar-refractivity contribution is -0.918. The van der Waals surface area contributed by atoms with E-state index in [9.17, 15) is 12.8 Å². The summed E-state index contributed by atoms with van der Waals surface area (Å²) >= 11 is 0. The molecule has 2 aromatic carbocycles. The van der Waals surface area contributed by atoms with E-state index in [1.165, 1.54) is 23.1 Å². The number of benzene rings is 2. The summed E-state index contributed by atoms with van der Waals surface area (Å²) in [7, 11) is 0.295. The van der Waals surface area contributed by atoms with Crippen molar-refractivity contribution in [2.75, 3.05) is 38.6 Å². The van der Waals surface area contributed by atoms with Crippen molar-refractivity contribution in [2.24, 2.45) is 0 Å². The molecule has 1 fully saturated rings. The molecule has 0 radical (unpaired) electrons. The zero-order chi connectivity index (χ0) is 20.3. The number of aryl methyl sites for hydroxylation is 1. The van der Waals surface area contributed by atoms with Crippen LogP contribution in [0.5, 0.6) is 0 Å². The lowest BCUT2D eigenvalue weighted by Gasteiger charge is -2.26. The Morgan fingerprint density at radius 3 is 2.32 bits per heavy atom. The van der Waals surface area contributed by atoms with E-state index in [0.29, 0.717) is 12.1 Å². The van der Waals surface area contributed by atoms with E-state index in [1.54, 1.807) is 6.92 Å². The highest BCUT2D eigenvalue weighted by Crippen LogP contribution is 2.19. The molecule has 7 heteroatoms. The standard InChI is InChI=1S/C21H28FN3O2S/c1-16-14-18(22)8-11-21(16)28(26,27)23-15-20(25-12-4-5-13-25)17-6-9-19(10-7-17)24(2)3/h6-11,14,20,23H,4-5,12-13,15H2,1-3H3/p+1/t20-/m0/s1. The average Bonchev–Trinajstić information content (AvgIpc) is 3.16. The molecule has 3 rings (SSSR count). The van der Waals surface area contributed by atoms with Crippen molar-refractivity contribution >= 4 is 15.7 Å². The van der Waals surface area contributed by atoms with Crippen molar-refractivity contribution in [3.05, 3.63) is 59.4 Å². The fourth-order valence-electron chi connectivity index (χ4n) is 3.87. The highest BCUT2D eigenvalue weighted by molar-refractivity contribution is 7.89. The van der Waals surface area contributed by atoms with Crippen LogP contribution in [0.2, 0.25) is 0 Å². The first-order valence-electron chi connectivity index (χ1n) is 9.65. The maximum atomic E-state index is 13.3. The van der Waals surface area contributed by atoms with Gasteiger partial charge in [0.05, 0.1) is 24.5 Å². The molecule has 1 atom stereocenters. The molecule has 1 heterocycles. The molecule has 5 nitrogen and oxygen atoms in total. The van der Waals surface area contributed by atoms with E-state index in [0.717, 1.165) is 37.2 Å². The summed E-state index contributed by atoms with van der Waals surface area (Å²) in [5, 5.41) is 0. The van der Waals surface area contributed by atoms with Crippen molar-refractivity contribution in [1.82, 2.24) is 4.72 Å². The van der Waals surface area contributed by atoms with Crippen LogP contribution in [-0.2, 0) is 10.0 Å². The molecule has 0 amide bonds. The van der Waals surface area contributed by atoms with Crippen LogP contribution in [0.25, 0.3) is 0 Å². The van der Waals surface area contributed by atoms with Gasteiger partial charge in [-0.05, 0) is 42.8 Å². The molecule has 0 aliphatic carbocycles. The van der Waals surface area contributed by atoms with Crippen molar-refractivity contribution in [3.63, 3.8) is 0 Å². The minimum Gasteiger partial charge on any atom is -0.378 e. The lowest BCUT2D eigenvalue weighted by atomic mass is 10.1. The SMILES string of the molecule is Cc1cc(F)ccc1S(=O)(=O)NC[C@@H](c1ccc(N(C)C)cc1)[NH+]1CCCC1. The minimum absolute atomic E-state index is 0.0502. The Hall–Kier alpha value is -1.96. The van der Waals surface area contributed by atoms with Crippen LogP contribution < -0.4 is 14.5 Å². The molecule has 0 saturated carbocycles. The second-order valence-corrected chi connectivity index (χ2v) is 9.40. The second-order valence-electron chi connectivity index (χ2n) is 7.67. The third kappa shape index (κ3) is 4.71. The second kappa shape index (κ2) is 8.59. The summed E-state index contributed by atoms with van der Waals surface area (Å²) in [6.07, 6.45) is 2.32. The third-order valence-corrected chi connectivity index (χ3v) is 7.04. The van der Waals surface area contributed by atoms with Crippen molar-refractivity contribution in [3.8, 4) is 0 Å². The van der Waals surface area contributed by atoms with Crippen LogP contribution >= 0.6 is 0 Å². The molecule has 0 bridgehead atoms. The largest absolute Gasteiger partial charge is 0.378 e. The molecule has 1 aliphatic rings. The zero-order valence-electron chi connectivity index (χ0n) is 16.7. The van der Waals surface area contributed by atoms with Gasteiger partial charge in [-0.1, -0.05) is 12.1 Å².